The van der Waals surface area contributed by atoms with Gasteiger partial charge in [0.05, 0.1) is 45.2 Å². The first-order valence-electron chi connectivity index (χ1n) is 24.5. The zero-order chi connectivity index (χ0) is 53.8. The molecule has 0 saturated heterocycles. The molecule has 0 aliphatic heterocycles. The number of aromatic nitrogens is 6. The molecule has 0 saturated carbocycles. The molecule has 12 rings (SSSR count). The number of terminal acetylenes is 2. The number of nitrogens with zero attached hydrogens (tertiary/aromatic N) is 6. The van der Waals surface area contributed by atoms with Crippen LogP contribution < -0.4 is 0 Å². The normalized spacial score (nSPS) is 9.97. The third kappa shape index (κ3) is 11.7. The summed E-state index contributed by atoms with van der Waals surface area (Å²) in [5, 5.41) is 0. The Morgan fingerprint density at radius 1 is 0.225 bits per heavy atom. The third-order valence-electron chi connectivity index (χ3n) is 12.6. The van der Waals surface area contributed by atoms with Gasteiger partial charge in [-0.2, -0.15) is 0 Å². The second-order valence-electron chi connectivity index (χ2n) is 17.3. The van der Waals surface area contributed by atoms with E-state index in [-0.39, 0.29) is 42.1 Å². The molecule has 0 aliphatic carbocycles. The summed E-state index contributed by atoms with van der Waals surface area (Å²) in [5.74, 6) is 15.0. The summed E-state index contributed by atoms with van der Waals surface area (Å²) in [4.78, 5) is 29.1. The minimum atomic E-state index is 0. The molecule has 0 N–H and O–H groups in total. The second-order valence-corrected chi connectivity index (χ2v) is 17.3. The SMILES string of the molecule is [C-]#Cc1ccc(C#C)c2nc(-c3ccccc3)c(-c3ccccc3)nc12.[C-]#Cc1ccc(C#C)c2nc(-c3ccccc3)c(-c3ccccc3)nc12.[C-]#Cc1ccc(C#[C-])c2nc(-c3ccccc3)c(-c3ccccc3)nc12.[Pt+2].[Pt+2]. The predicted octanol–water partition coefficient (Wildman–Crippen LogP) is 14.6. The molecule has 0 atom stereocenters. The maximum atomic E-state index is 7.58. The zero-order valence-corrected chi connectivity index (χ0v) is 46.8. The maximum Gasteiger partial charge on any atom is 2.00 e. The van der Waals surface area contributed by atoms with Gasteiger partial charge in [0.25, 0.3) is 0 Å². The van der Waals surface area contributed by atoms with Crippen LogP contribution in [0.25, 0.3) is 101 Å². The van der Waals surface area contributed by atoms with Crippen molar-refractivity contribution in [3.05, 3.63) is 277 Å². The van der Waals surface area contributed by atoms with E-state index in [0.29, 0.717) is 66.5 Å². The van der Waals surface area contributed by atoms with Crippen molar-refractivity contribution < 1.29 is 42.1 Å². The molecule has 0 bridgehead atoms. The van der Waals surface area contributed by atoms with Crippen LogP contribution in [0.4, 0.5) is 0 Å². The fourth-order valence-electron chi connectivity index (χ4n) is 8.83. The van der Waals surface area contributed by atoms with Crippen molar-refractivity contribution in [3.63, 3.8) is 0 Å². The van der Waals surface area contributed by atoms with Gasteiger partial charge >= 0.3 is 42.1 Å². The van der Waals surface area contributed by atoms with Gasteiger partial charge < -0.3 is 25.7 Å². The van der Waals surface area contributed by atoms with Gasteiger partial charge in [-0.1, -0.05) is 206 Å². The quantitative estimate of drug-likeness (QED) is 0.122. The molecule has 0 radical (unpaired) electrons. The number of hydrogen-bond donors (Lipinski definition) is 0. The van der Waals surface area contributed by atoms with Crippen LogP contribution in [0.1, 0.15) is 33.4 Å². The summed E-state index contributed by atoms with van der Waals surface area (Å²) < 4.78 is 0. The predicted molar refractivity (Wildman–Crippen MR) is 312 cm³/mol. The number of benzene rings is 9. The summed E-state index contributed by atoms with van der Waals surface area (Å²) in [6.45, 7) is 0. The number of rotatable bonds is 6. The molecule has 0 amide bonds. The molecule has 3 heterocycles. The van der Waals surface area contributed by atoms with Crippen LogP contribution in [0.2, 0.25) is 0 Å². The fourth-order valence-corrected chi connectivity index (χ4v) is 8.83. The molecule has 0 fully saturated rings. The van der Waals surface area contributed by atoms with Crippen molar-refractivity contribution in [1.82, 2.24) is 29.9 Å². The molecular weight excluding hydrogens is 1340 g/mol. The Bertz CT molecular complexity index is 3720. The van der Waals surface area contributed by atoms with Crippen LogP contribution in [0, 0.1) is 74.1 Å². The van der Waals surface area contributed by atoms with Gasteiger partial charge in [-0.25, -0.2) is 9.97 Å². The first-order valence-corrected chi connectivity index (χ1v) is 24.5. The van der Waals surface area contributed by atoms with E-state index in [9.17, 15) is 0 Å². The van der Waals surface area contributed by atoms with Crippen molar-refractivity contribution in [2.75, 3.05) is 0 Å². The van der Waals surface area contributed by atoms with E-state index in [1.165, 1.54) is 0 Å². The van der Waals surface area contributed by atoms with E-state index in [0.717, 1.165) is 67.5 Å². The van der Waals surface area contributed by atoms with Gasteiger partial charge in [-0.05, 0) is 0 Å². The van der Waals surface area contributed by atoms with Crippen molar-refractivity contribution in [1.29, 1.82) is 0 Å². The Morgan fingerprint density at radius 3 is 0.525 bits per heavy atom. The minimum Gasteiger partial charge on any atom is -0.366 e. The van der Waals surface area contributed by atoms with Gasteiger partial charge in [0, 0.05) is 66.6 Å². The molecule has 6 nitrogen and oxygen atoms in total. The molecule has 0 unspecified atom stereocenters. The molecule has 9 aromatic carbocycles. The van der Waals surface area contributed by atoms with Crippen LogP contribution in [-0.2, 0) is 42.1 Å². The average Bonchev–Trinajstić information content (AvgIpc) is 3.53. The molecule has 12 aromatic rings. The van der Waals surface area contributed by atoms with Crippen LogP contribution in [-0.4, -0.2) is 29.9 Å². The van der Waals surface area contributed by atoms with Gasteiger partial charge in [0.1, 0.15) is 0 Å². The Morgan fingerprint density at radius 2 is 0.375 bits per heavy atom. The van der Waals surface area contributed by atoms with E-state index in [1.807, 2.05) is 182 Å². The van der Waals surface area contributed by atoms with Crippen molar-refractivity contribution in [2.45, 2.75) is 0 Å². The maximum absolute atomic E-state index is 7.58. The van der Waals surface area contributed by atoms with E-state index in [1.54, 1.807) is 36.4 Å². The molecule has 0 spiro atoms. The molecule has 3 aromatic heterocycles. The molecule has 0 aliphatic rings. The summed E-state index contributed by atoms with van der Waals surface area (Å²) >= 11 is 0. The Labute approximate surface area is 494 Å². The molecule has 376 valence electrons. The number of fused-ring (bicyclic) bond motifs is 3. The Balaban J connectivity index is 0.000000156. The number of hydrogen-bond acceptors (Lipinski definition) is 6. The third-order valence-corrected chi connectivity index (χ3v) is 12.6. The second kappa shape index (κ2) is 26.2. The summed E-state index contributed by atoms with van der Waals surface area (Å²) in [6.07, 6.45) is 41.6. The van der Waals surface area contributed by atoms with Crippen molar-refractivity contribution >= 4 is 33.1 Å². The van der Waals surface area contributed by atoms with Crippen molar-refractivity contribution in [2.24, 2.45) is 0 Å². The molecule has 80 heavy (non-hydrogen) atoms. The largest absolute Gasteiger partial charge is 2.00 e. The van der Waals surface area contributed by atoms with Gasteiger partial charge in [-0.3, -0.25) is 43.6 Å². The first-order chi connectivity index (χ1) is 38.4. The van der Waals surface area contributed by atoms with Gasteiger partial charge in [0.15, 0.2) is 0 Å². The average molecular weight is 1380 g/mol. The summed E-state index contributed by atoms with van der Waals surface area (Å²) in [7, 11) is 0. The topological polar surface area (TPSA) is 77.3 Å². The van der Waals surface area contributed by atoms with Gasteiger partial charge in [-0.15, -0.1) is 59.4 Å². The van der Waals surface area contributed by atoms with Crippen LogP contribution in [0.3, 0.4) is 0 Å². The first kappa shape index (κ1) is 56.0. The summed E-state index contributed by atoms with van der Waals surface area (Å²) in [5.41, 5.74) is 17.3. The summed E-state index contributed by atoms with van der Waals surface area (Å²) in [6, 6.07) is 69.9. The van der Waals surface area contributed by atoms with E-state index in [2.05, 4.69) is 35.5 Å². The standard InChI is InChI=1S/2C24H13N2.C24H12N2.2Pt/c3*1-3-17-15-16-18(4-2)22-21(17)25-23(19-11-7-5-8-12-19)24(26-22)20-13-9-6-10-14-20;;/h2*1,5-16H;5-16H;;/q2*-1;-2;2*+2. The van der Waals surface area contributed by atoms with Crippen LogP contribution >= 0.6 is 0 Å². The van der Waals surface area contributed by atoms with E-state index >= 15 is 0 Å². The van der Waals surface area contributed by atoms with Crippen LogP contribution in [0.15, 0.2) is 218 Å². The van der Waals surface area contributed by atoms with E-state index in [4.69, 9.17) is 68.4 Å². The van der Waals surface area contributed by atoms with Crippen molar-refractivity contribution in [3.8, 4) is 116 Å². The smallest absolute Gasteiger partial charge is 0.366 e. The molecular formula is C72H38N6Pt2. The monoisotopic (exact) mass is 1380 g/mol. The van der Waals surface area contributed by atoms with Gasteiger partial charge in [0.2, 0.25) is 0 Å². The minimum absolute atomic E-state index is 0. The van der Waals surface area contributed by atoms with E-state index < -0.39 is 0 Å². The zero-order valence-electron chi connectivity index (χ0n) is 42.3. The Kier molecular flexibility index (Phi) is 18.3. The Hall–Kier alpha value is -10.3. The van der Waals surface area contributed by atoms with Crippen LogP contribution in [0.5, 0.6) is 0 Å². The molecule has 8 heteroatoms. The fraction of sp³-hybridized carbons (Fsp3) is 0.